The Morgan fingerprint density at radius 2 is 1.61 bits per heavy atom. The van der Waals surface area contributed by atoms with Crippen LogP contribution in [0.1, 0.15) is 17.4 Å². The number of aromatic nitrogens is 2. The lowest BCUT2D eigenvalue weighted by atomic mass is 10.1. The number of nitrogens with zero attached hydrogens (tertiary/aromatic N) is 2. The largest absolute Gasteiger partial charge is 0.509 e. The molecule has 0 bridgehead atoms. The maximum Gasteiger partial charge on any atom is 0.509 e. The number of nitrogens with one attached hydrogen (secondary N) is 1. The van der Waals surface area contributed by atoms with Crippen molar-refractivity contribution in [2.24, 2.45) is 0 Å². The summed E-state index contributed by atoms with van der Waals surface area (Å²) in [6, 6.07) is 18.4. The predicted octanol–water partition coefficient (Wildman–Crippen LogP) is 3.24. The van der Waals surface area contributed by atoms with E-state index in [4.69, 9.17) is 18.9 Å². The zero-order chi connectivity index (χ0) is 27.1. The second-order valence-corrected chi connectivity index (χ2v) is 8.14. The fourth-order valence-electron chi connectivity index (χ4n) is 3.64. The van der Waals surface area contributed by atoms with E-state index >= 15 is 8.78 Å². The first-order valence-corrected chi connectivity index (χ1v) is 11.4. The van der Waals surface area contributed by atoms with Crippen molar-refractivity contribution in [2.45, 2.75) is 37.6 Å². The Hall–Kier alpha value is -4.36. The molecule has 3 atom stereocenters. The minimum atomic E-state index is -3.95. The average Bonchev–Trinajstić information content (AvgIpc) is 3.16. The quantitative estimate of drug-likeness (QED) is 0.420. The third-order valence-corrected chi connectivity index (χ3v) is 5.48. The Morgan fingerprint density at radius 3 is 2.18 bits per heavy atom. The normalized spacial score (nSPS) is 19.9. The molecule has 1 amide bonds. The first-order chi connectivity index (χ1) is 18.3. The van der Waals surface area contributed by atoms with E-state index in [0.717, 1.165) is 17.8 Å². The zero-order valence-electron chi connectivity index (χ0n) is 19.7. The van der Waals surface area contributed by atoms with Gasteiger partial charge in [0.2, 0.25) is 12.3 Å². The van der Waals surface area contributed by atoms with Crippen molar-refractivity contribution in [3.05, 3.63) is 94.5 Å². The first kappa shape index (κ1) is 26.7. The van der Waals surface area contributed by atoms with Gasteiger partial charge in [0.1, 0.15) is 25.1 Å². The van der Waals surface area contributed by atoms with Gasteiger partial charge >= 0.3 is 23.9 Å². The van der Waals surface area contributed by atoms with E-state index in [1.165, 1.54) is 0 Å². The molecule has 0 radical (unpaired) electrons. The maximum atomic E-state index is 15.2. The van der Waals surface area contributed by atoms with Crippen LogP contribution in [0.25, 0.3) is 0 Å². The Kier molecular flexibility index (Phi) is 8.28. The fourth-order valence-corrected chi connectivity index (χ4v) is 3.64. The van der Waals surface area contributed by atoms with E-state index < -0.39 is 48.9 Å². The third kappa shape index (κ3) is 6.30. The van der Waals surface area contributed by atoms with E-state index in [9.17, 15) is 19.5 Å². The van der Waals surface area contributed by atoms with Crippen LogP contribution < -0.4 is 11.0 Å². The van der Waals surface area contributed by atoms with E-state index in [1.807, 2.05) is 0 Å². The standard InChI is InChI=1S/C25H23F2N3O8/c26-25(27)20(38-24(34)36-15-17-9-5-2-6-10-17)18(13-31)37-21(25)30-12-11-19(28-22(30)32)29-23(33)35-14-16-7-3-1-4-8-16/h1-12,18,20-21,31H,13-15H2,(H,28,29,32,33)/t18?,20-,21?/m1/s1. The minimum absolute atomic E-state index is 0.0381. The van der Waals surface area contributed by atoms with Crippen LogP contribution in [0.3, 0.4) is 0 Å². The van der Waals surface area contributed by atoms with Gasteiger partial charge in [-0.2, -0.15) is 13.8 Å². The van der Waals surface area contributed by atoms with Gasteiger partial charge in [-0.3, -0.25) is 9.88 Å². The molecule has 1 aliphatic rings. The summed E-state index contributed by atoms with van der Waals surface area (Å²) in [4.78, 5) is 40.1. The van der Waals surface area contributed by atoms with Crippen LogP contribution >= 0.6 is 0 Å². The molecule has 13 heteroatoms. The summed E-state index contributed by atoms with van der Waals surface area (Å²) in [5.74, 6) is -4.20. The number of rotatable bonds is 8. The second-order valence-electron chi connectivity index (χ2n) is 8.14. The molecule has 200 valence electrons. The molecule has 1 fully saturated rings. The van der Waals surface area contributed by atoms with Gasteiger partial charge in [-0.1, -0.05) is 60.7 Å². The zero-order valence-corrected chi connectivity index (χ0v) is 19.7. The molecule has 0 saturated carbocycles. The molecule has 38 heavy (non-hydrogen) atoms. The van der Waals surface area contributed by atoms with Gasteiger partial charge in [0, 0.05) is 6.20 Å². The Balaban J connectivity index is 1.40. The molecule has 0 spiro atoms. The fraction of sp³-hybridized carbons (Fsp3) is 0.280. The lowest BCUT2D eigenvalue weighted by molar-refractivity contribution is -0.146. The highest BCUT2D eigenvalue weighted by molar-refractivity contribution is 5.83. The molecule has 2 unspecified atom stereocenters. The number of aliphatic hydroxyl groups excluding tert-OH is 1. The van der Waals surface area contributed by atoms with Crippen LogP contribution in [0.2, 0.25) is 0 Å². The highest BCUT2D eigenvalue weighted by Crippen LogP contribution is 2.44. The third-order valence-electron chi connectivity index (χ3n) is 5.48. The summed E-state index contributed by atoms with van der Waals surface area (Å²) in [7, 11) is 0. The van der Waals surface area contributed by atoms with Gasteiger partial charge < -0.3 is 24.1 Å². The number of benzene rings is 2. The van der Waals surface area contributed by atoms with Gasteiger partial charge in [0.25, 0.3) is 0 Å². The second kappa shape index (κ2) is 11.8. The smallest absolute Gasteiger partial charge is 0.444 e. The van der Waals surface area contributed by atoms with Crippen LogP contribution in [0.5, 0.6) is 0 Å². The number of amides is 1. The molecular weight excluding hydrogens is 508 g/mol. The minimum Gasteiger partial charge on any atom is -0.444 e. The van der Waals surface area contributed by atoms with Crippen molar-refractivity contribution in [3.8, 4) is 0 Å². The number of carbonyl (C=O) groups excluding carboxylic acids is 2. The molecular formula is C25H23F2N3O8. The topological polar surface area (TPSA) is 138 Å². The summed E-state index contributed by atoms with van der Waals surface area (Å²) in [5, 5.41) is 11.8. The number of halogens is 2. The molecule has 4 rings (SSSR count). The first-order valence-electron chi connectivity index (χ1n) is 11.4. The van der Waals surface area contributed by atoms with Gasteiger partial charge in [-0.15, -0.1) is 0 Å². The molecule has 2 heterocycles. The summed E-state index contributed by atoms with van der Waals surface area (Å²) in [6.45, 7) is -1.20. The lowest BCUT2D eigenvalue weighted by Gasteiger charge is -2.23. The molecule has 11 nitrogen and oxygen atoms in total. The maximum absolute atomic E-state index is 15.2. The van der Waals surface area contributed by atoms with Crippen molar-refractivity contribution in [3.63, 3.8) is 0 Å². The van der Waals surface area contributed by atoms with Crippen molar-refractivity contribution in [1.82, 2.24) is 9.55 Å². The number of ether oxygens (including phenoxy) is 4. The highest BCUT2D eigenvalue weighted by atomic mass is 19.3. The van der Waals surface area contributed by atoms with Gasteiger partial charge in [0.15, 0.2) is 0 Å². The van der Waals surface area contributed by atoms with Gasteiger partial charge in [-0.05, 0) is 17.2 Å². The van der Waals surface area contributed by atoms with Gasteiger partial charge in [-0.25, -0.2) is 14.4 Å². The highest BCUT2D eigenvalue weighted by Gasteiger charge is 2.62. The van der Waals surface area contributed by atoms with Crippen molar-refractivity contribution in [2.75, 3.05) is 11.9 Å². The molecule has 1 saturated heterocycles. The number of aliphatic hydroxyl groups is 1. The Bertz CT molecular complexity index is 1310. The Morgan fingerprint density at radius 1 is 1.00 bits per heavy atom. The SMILES string of the molecule is O=C(Nc1ccn(C2OC(CO)[C@@H](OC(=O)OCc3ccccc3)C2(F)F)c(=O)n1)OCc1ccccc1. The van der Waals surface area contributed by atoms with E-state index in [0.29, 0.717) is 10.1 Å². The number of alkyl halides is 2. The molecule has 2 N–H and O–H groups in total. The van der Waals surface area contributed by atoms with Crippen molar-refractivity contribution < 1.29 is 42.4 Å². The molecule has 0 aliphatic carbocycles. The van der Waals surface area contributed by atoms with Crippen LogP contribution in [0, 0.1) is 0 Å². The predicted molar refractivity (Wildman–Crippen MR) is 126 cm³/mol. The van der Waals surface area contributed by atoms with Crippen molar-refractivity contribution in [1.29, 1.82) is 0 Å². The molecule has 1 aliphatic heterocycles. The van der Waals surface area contributed by atoms with Crippen LogP contribution in [-0.4, -0.2) is 51.6 Å². The van der Waals surface area contributed by atoms with Gasteiger partial charge in [0.05, 0.1) is 6.61 Å². The van der Waals surface area contributed by atoms with Crippen LogP contribution in [0.15, 0.2) is 77.7 Å². The van der Waals surface area contributed by atoms with Crippen LogP contribution in [-0.2, 0) is 32.2 Å². The summed E-state index contributed by atoms with van der Waals surface area (Å²) >= 11 is 0. The lowest BCUT2D eigenvalue weighted by Crippen LogP contribution is -2.44. The molecule has 2 aromatic carbocycles. The summed E-state index contributed by atoms with van der Waals surface area (Å²) in [5.41, 5.74) is 0.135. The molecule has 3 aromatic rings. The van der Waals surface area contributed by atoms with Crippen LogP contribution in [0.4, 0.5) is 24.2 Å². The number of anilines is 1. The monoisotopic (exact) mass is 531 g/mol. The average molecular weight is 531 g/mol. The van der Waals surface area contributed by atoms with E-state index in [-0.39, 0.29) is 19.0 Å². The number of hydrogen-bond donors (Lipinski definition) is 2. The Labute approximate surface area is 214 Å². The number of hydrogen-bond acceptors (Lipinski definition) is 9. The molecule has 1 aromatic heterocycles. The van der Waals surface area contributed by atoms with E-state index in [1.54, 1.807) is 60.7 Å². The van der Waals surface area contributed by atoms with E-state index in [2.05, 4.69) is 10.3 Å². The number of carbonyl (C=O) groups is 2. The summed E-state index contributed by atoms with van der Waals surface area (Å²) < 4.78 is 50.8. The van der Waals surface area contributed by atoms with Crippen molar-refractivity contribution >= 4 is 18.1 Å². The summed E-state index contributed by atoms with van der Waals surface area (Å²) in [6.07, 6.45) is -7.56.